The fourth-order valence-electron chi connectivity index (χ4n) is 0.847. The molecule has 0 spiro atoms. The van der Waals surface area contributed by atoms with Gasteiger partial charge in [0.05, 0.1) is 0 Å². The molecular weight excluding hydrogens is 142 g/mol. The highest BCUT2D eigenvalue weighted by Gasteiger charge is 2.05. The Morgan fingerprint density at radius 2 is 1.80 bits per heavy atom. The molecule has 1 heterocycles. The summed E-state index contributed by atoms with van der Waals surface area (Å²) in [4.78, 5) is 2.11. The molecule has 0 fully saturated rings. The first-order valence-electron chi connectivity index (χ1n) is 3.13. The highest BCUT2D eigenvalue weighted by Crippen LogP contribution is 2.25. The molecule has 52 valence electrons. The van der Waals surface area contributed by atoms with Crippen molar-refractivity contribution >= 4 is 11.3 Å². The minimum absolute atomic E-state index is 0.856. The summed E-state index contributed by atoms with van der Waals surface area (Å²) in [5.41, 5.74) is 2.41. The van der Waals surface area contributed by atoms with Crippen molar-refractivity contribution in [2.24, 2.45) is 0 Å². The summed E-state index contributed by atoms with van der Waals surface area (Å²) in [6, 6.07) is 2.18. The van der Waals surface area contributed by atoms with Crippen LogP contribution in [0.15, 0.2) is 0 Å². The maximum absolute atomic E-state index is 8.62. The molecule has 0 aliphatic rings. The van der Waals surface area contributed by atoms with E-state index in [-0.39, 0.29) is 0 Å². The Labute approximate surface area is 64.9 Å². The van der Waals surface area contributed by atoms with Crippen LogP contribution in [-0.4, -0.2) is 0 Å². The predicted molar refractivity (Wildman–Crippen MR) is 43.2 cm³/mol. The second-order valence-corrected chi connectivity index (χ2v) is 3.57. The van der Waals surface area contributed by atoms with Crippen molar-refractivity contribution in [3.8, 4) is 6.07 Å². The van der Waals surface area contributed by atoms with Gasteiger partial charge in [-0.05, 0) is 31.9 Å². The molecule has 0 radical (unpaired) electrons. The van der Waals surface area contributed by atoms with Gasteiger partial charge in [-0.25, -0.2) is 0 Å². The molecule has 0 aliphatic heterocycles. The van der Waals surface area contributed by atoms with Crippen LogP contribution < -0.4 is 0 Å². The van der Waals surface area contributed by atoms with Crippen LogP contribution in [0.5, 0.6) is 0 Å². The normalized spacial score (nSPS) is 9.40. The van der Waals surface area contributed by atoms with Crippen LogP contribution in [0.4, 0.5) is 0 Å². The molecule has 0 aromatic carbocycles. The van der Waals surface area contributed by atoms with Crippen LogP contribution in [0.25, 0.3) is 0 Å². The lowest BCUT2D eigenvalue weighted by atomic mass is 10.2. The first-order valence-corrected chi connectivity index (χ1v) is 3.95. The summed E-state index contributed by atoms with van der Waals surface area (Å²) >= 11 is 1.58. The van der Waals surface area contributed by atoms with Crippen molar-refractivity contribution in [3.63, 3.8) is 0 Å². The fourth-order valence-corrected chi connectivity index (χ4v) is 1.81. The van der Waals surface area contributed by atoms with Crippen LogP contribution in [0.2, 0.25) is 0 Å². The topological polar surface area (TPSA) is 23.8 Å². The summed E-state index contributed by atoms with van der Waals surface area (Å²) in [6.45, 7) is 6.10. The lowest BCUT2D eigenvalue weighted by Gasteiger charge is -1.87. The van der Waals surface area contributed by atoms with Crippen molar-refractivity contribution in [1.29, 1.82) is 5.26 Å². The standard InChI is InChI=1S/C8H9NS/c1-5-6(2)8(4-9)10-7(5)3/h1-3H3. The Kier molecular flexibility index (Phi) is 1.78. The average molecular weight is 151 g/mol. The number of rotatable bonds is 0. The van der Waals surface area contributed by atoms with Crippen LogP contribution in [-0.2, 0) is 0 Å². The molecule has 1 rings (SSSR count). The van der Waals surface area contributed by atoms with Crippen molar-refractivity contribution < 1.29 is 0 Å². The third-order valence-corrected chi connectivity index (χ3v) is 3.00. The summed E-state index contributed by atoms with van der Waals surface area (Å²) in [6.07, 6.45) is 0. The lowest BCUT2D eigenvalue weighted by molar-refractivity contribution is 1.34. The zero-order valence-electron chi connectivity index (χ0n) is 6.36. The quantitative estimate of drug-likeness (QED) is 0.559. The van der Waals surface area contributed by atoms with Crippen LogP contribution in [0.3, 0.4) is 0 Å². The minimum Gasteiger partial charge on any atom is -0.192 e. The van der Waals surface area contributed by atoms with E-state index in [2.05, 4.69) is 13.0 Å². The first kappa shape index (κ1) is 7.30. The van der Waals surface area contributed by atoms with E-state index in [0.29, 0.717) is 0 Å². The van der Waals surface area contributed by atoms with Crippen molar-refractivity contribution in [3.05, 3.63) is 20.9 Å². The summed E-state index contributed by atoms with van der Waals surface area (Å²) in [7, 11) is 0. The highest BCUT2D eigenvalue weighted by molar-refractivity contribution is 7.12. The van der Waals surface area contributed by atoms with E-state index in [9.17, 15) is 0 Å². The van der Waals surface area contributed by atoms with E-state index in [1.54, 1.807) is 11.3 Å². The van der Waals surface area contributed by atoms with E-state index in [1.807, 2.05) is 13.8 Å². The van der Waals surface area contributed by atoms with Crippen LogP contribution in [0, 0.1) is 32.1 Å². The van der Waals surface area contributed by atoms with Crippen molar-refractivity contribution in [2.75, 3.05) is 0 Å². The van der Waals surface area contributed by atoms with Gasteiger partial charge in [0.2, 0.25) is 0 Å². The maximum atomic E-state index is 8.62. The van der Waals surface area contributed by atoms with Gasteiger partial charge in [0, 0.05) is 4.88 Å². The average Bonchev–Trinajstić information content (AvgIpc) is 2.17. The zero-order chi connectivity index (χ0) is 7.72. The molecule has 0 N–H and O–H groups in total. The fraction of sp³-hybridized carbons (Fsp3) is 0.375. The molecule has 1 aromatic rings. The number of hydrogen-bond acceptors (Lipinski definition) is 2. The Hall–Kier alpha value is -0.810. The zero-order valence-corrected chi connectivity index (χ0v) is 7.17. The third-order valence-electron chi connectivity index (χ3n) is 1.79. The molecule has 0 amide bonds. The van der Waals surface area contributed by atoms with Gasteiger partial charge in [0.15, 0.2) is 0 Å². The van der Waals surface area contributed by atoms with Gasteiger partial charge in [-0.15, -0.1) is 11.3 Å². The number of aryl methyl sites for hydroxylation is 1. The van der Waals surface area contributed by atoms with Gasteiger partial charge in [-0.2, -0.15) is 5.26 Å². The number of nitrogens with zero attached hydrogens (tertiary/aromatic N) is 1. The number of hydrogen-bond donors (Lipinski definition) is 0. The van der Waals surface area contributed by atoms with Gasteiger partial charge >= 0.3 is 0 Å². The monoisotopic (exact) mass is 151 g/mol. The summed E-state index contributed by atoms with van der Waals surface area (Å²) in [5, 5.41) is 8.62. The molecule has 2 heteroatoms. The molecule has 0 atom stereocenters. The van der Waals surface area contributed by atoms with Gasteiger partial charge in [0.25, 0.3) is 0 Å². The Morgan fingerprint density at radius 3 is 2.00 bits per heavy atom. The van der Waals surface area contributed by atoms with Gasteiger partial charge < -0.3 is 0 Å². The van der Waals surface area contributed by atoms with Crippen molar-refractivity contribution in [1.82, 2.24) is 0 Å². The molecule has 10 heavy (non-hydrogen) atoms. The third kappa shape index (κ3) is 0.932. The molecule has 0 saturated heterocycles. The molecule has 0 saturated carbocycles. The first-order chi connectivity index (χ1) is 4.66. The van der Waals surface area contributed by atoms with E-state index >= 15 is 0 Å². The second-order valence-electron chi connectivity index (χ2n) is 2.35. The largest absolute Gasteiger partial charge is 0.192 e. The maximum Gasteiger partial charge on any atom is 0.110 e. The van der Waals surface area contributed by atoms with Gasteiger partial charge in [-0.1, -0.05) is 0 Å². The van der Waals surface area contributed by atoms with Crippen LogP contribution in [0.1, 0.15) is 20.9 Å². The minimum atomic E-state index is 0.856. The Morgan fingerprint density at radius 1 is 1.20 bits per heavy atom. The molecule has 1 nitrogen and oxygen atoms in total. The highest BCUT2D eigenvalue weighted by atomic mass is 32.1. The molecule has 0 aliphatic carbocycles. The second kappa shape index (κ2) is 2.43. The SMILES string of the molecule is Cc1sc(C#N)c(C)c1C. The summed E-state index contributed by atoms with van der Waals surface area (Å²) < 4.78 is 0. The van der Waals surface area contributed by atoms with Crippen molar-refractivity contribution in [2.45, 2.75) is 20.8 Å². The predicted octanol–water partition coefficient (Wildman–Crippen LogP) is 2.55. The van der Waals surface area contributed by atoms with E-state index in [4.69, 9.17) is 5.26 Å². The smallest absolute Gasteiger partial charge is 0.110 e. The van der Waals surface area contributed by atoms with Crippen LogP contribution >= 0.6 is 11.3 Å². The van der Waals surface area contributed by atoms with Gasteiger partial charge in [0.1, 0.15) is 10.9 Å². The summed E-state index contributed by atoms with van der Waals surface area (Å²) in [5.74, 6) is 0. The Balaban J connectivity index is 3.34. The molecule has 0 bridgehead atoms. The van der Waals surface area contributed by atoms with Gasteiger partial charge in [-0.3, -0.25) is 0 Å². The molecule has 0 unspecified atom stereocenters. The molecular formula is C8H9NS. The van der Waals surface area contributed by atoms with E-state index < -0.39 is 0 Å². The lowest BCUT2D eigenvalue weighted by Crippen LogP contribution is -1.75. The Bertz CT molecular complexity index is 291. The number of nitriles is 1. The number of thiophene rings is 1. The van der Waals surface area contributed by atoms with E-state index in [0.717, 1.165) is 10.4 Å². The molecule has 1 aromatic heterocycles. The van der Waals surface area contributed by atoms with E-state index in [1.165, 1.54) is 10.4 Å².